The van der Waals surface area contributed by atoms with Gasteiger partial charge in [0, 0.05) is 30.8 Å². The van der Waals surface area contributed by atoms with Crippen LogP contribution in [0.4, 0.5) is 5.69 Å². The minimum absolute atomic E-state index is 0.497. The highest BCUT2D eigenvalue weighted by atomic mass is 35.5. The van der Waals surface area contributed by atoms with Crippen LogP contribution < -0.4 is 10.6 Å². The number of pyridine rings is 1. The van der Waals surface area contributed by atoms with Gasteiger partial charge in [0.2, 0.25) is 0 Å². The Morgan fingerprint density at radius 1 is 1.30 bits per heavy atom. The van der Waals surface area contributed by atoms with Crippen molar-refractivity contribution in [1.29, 1.82) is 0 Å². The summed E-state index contributed by atoms with van der Waals surface area (Å²) in [6.07, 6.45) is 5.53. The van der Waals surface area contributed by atoms with E-state index in [1.165, 1.54) is 18.5 Å². The second kappa shape index (κ2) is 7.43. The van der Waals surface area contributed by atoms with E-state index in [0.29, 0.717) is 29.4 Å². The van der Waals surface area contributed by atoms with Crippen LogP contribution in [0.25, 0.3) is 0 Å². The molecule has 1 aromatic rings. The van der Waals surface area contributed by atoms with Gasteiger partial charge in [-0.2, -0.15) is 0 Å². The largest absolute Gasteiger partial charge is 0.478 e. The van der Waals surface area contributed by atoms with E-state index in [1.54, 1.807) is 0 Å². The zero-order chi connectivity index (χ0) is 17.0. The Balaban J connectivity index is 0.000000207. The number of carboxylic acids is 2. The van der Waals surface area contributed by atoms with Gasteiger partial charge in [0.15, 0.2) is 0 Å². The van der Waals surface area contributed by atoms with Crippen molar-refractivity contribution in [3.8, 4) is 0 Å². The molecule has 4 N–H and O–H groups in total. The zero-order valence-corrected chi connectivity index (χ0v) is 13.1. The minimum Gasteiger partial charge on any atom is -0.478 e. The molecule has 2 heterocycles. The van der Waals surface area contributed by atoms with Crippen molar-refractivity contribution in [2.75, 3.05) is 11.4 Å². The van der Waals surface area contributed by atoms with E-state index in [2.05, 4.69) is 9.88 Å². The van der Waals surface area contributed by atoms with Crippen LogP contribution in [0, 0.1) is 5.92 Å². The van der Waals surface area contributed by atoms with Crippen molar-refractivity contribution in [2.45, 2.75) is 24.9 Å². The molecule has 1 aromatic heterocycles. The maximum Gasteiger partial charge on any atom is 0.328 e. The number of halogens is 1. The van der Waals surface area contributed by atoms with Crippen LogP contribution in [-0.2, 0) is 9.59 Å². The second-order valence-electron chi connectivity index (χ2n) is 5.44. The number of rotatable bonds is 4. The Hall–Kier alpha value is -2.12. The topological polar surface area (TPSA) is 117 Å². The van der Waals surface area contributed by atoms with E-state index in [-0.39, 0.29) is 0 Å². The maximum atomic E-state index is 9.55. The molecule has 7 nitrogen and oxygen atoms in total. The molecular weight excluding hydrogens is 322 g/mol. The lowest BCUT2D eigenvalue weighted by Crippen LogP contribution is -2.38. The minimum atomic E-state index is -1.26. The molecule has 0 spiro atoms. The molecule has 8 heteroatoms. The van der Waals surface area contributed by atoms with Crippen molar-refractivity contribution in [3.63, 3.8) is 0 Å². The fraction of sp³-hybridized carbons (Fsp3) is 0.400. The quantitative estimate of drug-likeness (QED) is 0.560. The third-order valence-electron chi connectivity index (χ3n) is 3.86. The van der Waals surface area contributed by atoms with Gasteiger partial charge in [0.1, 0.15) is 5.15 Å². The summed E-state index contributed by atoms with van der Waals surface area (Å²) in [5.41, 5.74) is 6.95. The summed E-state index contributed by atoms with van der Waals surface area (Å²) in [6.45, 7) is 0.732. The van der Waals surface area contributed by atoms with Gasteiger partial charge in [-0.05, 0) is 30.9 Å². The number of fused-ring (bicyclic) bond motifs is 1. The number of carboxylic acid groups (broad SMARTS) is 2. The second-order valence-corrected chi connectivity index (χ2v) is 5.83. The molecule has 124 valence electrons. The highest BCUT2D eigenvalue weighted by molar-refractivity contribution is 6.29. The monoisotopic (exact) mass is 339 g/mol. The first-order valence-corrected chi connectivity index (χ1v) is 7.54. The Morgan fingerprint density at radius 2 is 1.96 bits per heavy atom. The van der Waals surface area contributed by atoms with Crippen LogP contribution in [0.15, 0.2) is 30.5 Å². The number of hydrogen-bond acceptors (Lipinski definition) is 5. The summed E-state index contributed by atoms with van der Waals surface area (Å²) < 4.78 is 0. The summed E-state index contributed by atoms with van der Waals surface area (Å²) in [4.78, 5) is 25.7. The predicted octanol–water partition coefficient (Wildman–Crippen LogP) is 1.37. The zero-order valence-electron chi connectivity index (χ0n) is 12.3. The third kappa shape index (κ3) is 4.67. The van der Waals surface area contributed by atoms with Crippen molar-refractivity contribution >= 4 is 29.2 Å². The van der Waals surface area contributed by atoms with E-state index in [1.807, 2.05) is 18.3 Å². The fourth-order valence-corrected chi connectivity index (χ4v) is 2.95. The number of nitrogens with zero attached hydrogens (tertiary/aromatic N) is 2. The summed E-state index contributed by atoms with van der Waals surface area (Å²) in [7, 11) is 0. The molecule has 2 fully saturated rings. The van der Waals surface area contributed by atoms with Crippen molar-refractivity contribution in [2.24, 2.45) is 11.7 Å². The molecule has 1 saturated heterocycles. The predicted molar refractivity (Wildman–Crippen MR) is 85.5 cm³/mol. The standard InChI is InChI=1S/C11H14ClN3.C4H4O4/c12-11-2-1-8(6-14-11)15-9(5-13)3-7-4-10(7)15;5-3(6)1-2-4(7)8/h1-2,6-7,9-10H,3-5,13H2;1-2H,(H,5,6)(H,7,8). The molecule has 0 bridgehead atoms. The van der Waals surface area contributed by atoms with Gasteiger partial charge in [-0.15, -0.1) is 0 Å². The van der Waals surface area contributed by atoms with Gasteiger partial charge in [-0.25, -0.2) is 14.6 Å². The van der Waals surface area contributed by atoms with Gasteiger partial charge in [-0.1, -0.05) is 11.6 Å². The van der Waals surface area contributed by atoms with Crippen LogP contribution in [-0.4, -0.2) is 45.8 Å². The van der Waals surface area contributed by atoms with Gasteiger partial charge < -0.3 is 20.8 Å². The van der Waals surface area contributed by atoms with E-state index in [9.17, 15) is 9.59 Å². The summed E-state index contributed by atoms with van der Waals surface area (Å²) >= 11 is 5.78. The molecule has 1 aliphatic heterocycles. The molecule has 2 aliphatic rings. The van der Waals surface area contributed by atoms with Crippen molar-refractivity contribution in [3.05, 3.63) is 35.6 Å². The Kier molecular flexibility index (Phi) is 5.57. The highest BCUT2D eigenvalue weighted by Gasteiger charge is 2.51. The molecule has 1 saturated carbocycles. The fourth-order valence-electron chi connectivity index (χ4n) is 2.83. The van der Waals surface area contributed by atoms with Crippen molar-refractivity contribution in [1.82, 2.24) is 4.98 Å². The van der Waals surface area contributed by atoms with Gasteiger partial charge in [-0.3, -0.25) is 0 Å². The van der Waals surface area contributed by atoms with Gasteiger partial charge in [0.05, 0.1) is 11.9 Å². The number of aliphatic carboxylic acids is 2. The number of anilines is 1. The molecule has 0 aromatic carbocycles. The lowest BCUT2D eigenvalue weighted by Gasteiger charge is -2.28. The number of nitrogens with two attached hydrogens (primary N) is 1. The number of piperidine rings is 1. The van der Waals surface area contributed by atoms with E-state index >= 15 is 0 Å². The molecule has 3 unspecified atom stereocenters. The van der Waals surface area contributed by atoms with Gasteiger partial charge in [0.25, 0.3) is 0 Å². The number of carbonyl (C=O) groups is 2. The van der Waals surface area contributed by atoms with Crippen molar-refractivity contribution < 1.29 is 19.8 Å². The molecule has 0 radical (unpaired) electrons. The van der Waals surface area contributed by atoms with E-state index in [0.717, 1.165) is 12.5 Å². The molecular formula is C15H18ClN3O4. The first kappa shape index (κ1) is 17.2. The smallest absolute Gasteiger partial charge is 0.328 e. The first-order valence-electron chi connectivity index (χ1n) is 7.16. The van der Waals surface area contributed by atoms with E-state index < -0.39 is 11.9 Å². The van der Waals surface area contributed by atoms with Crippen LogP contribution >= 0.6 is 11.6 Å². The Labute approximate surface area is 138 Å². The molecule has 3 atom stereocenters. The lowest BCUT2D eigenvalue weighted by molar-refractivity contribution is -0.134. The van der Waals surface area contributed by atoms with Crippen LogP contribution in [0.1, 0.15) is 12.8 Å². The Bertz CT molecular complexity index is 589. The normalized spacial score (nSPS) is 24.8. The summed E-state index contributed by atoms with van der Waals surface area (Å²) in [5, 5.41) is 16.2. The van der Waals surface area contributed by atoms with Crippen LogP contribution in [0.2, 0.25) is 5.15 Å². The van der Waals surface area contributed by atoms with Gasteiger partial charge >= 0.3 is 11.9 Å². The first-order chi connectivity index (χ1) is 10.9. The molecule has 23 heavy (non-hydrogen) atoms. The maximum absolute atomic E-state index is 9.55. The third-order valence-corrected chi connectivity index (χ3v) is 4.08. The molecule has 0 amide bonds. The SMILES string of the molecule is NCC1CC2CC2N1c1ccc(Cl)nc1.O=C(O)C=CC(=O)O. The highest BCUT2D eigenvalue weighted by Crippen LogP contribution is 2.49. The Morgan fingerprint density at radius 3 is 2.43 bits per heavy atom. The van der Waals surface area contributed by atoms with Crippen LogP contribution in [0.5, 0.6) is 0 Å². The number of aromatic nitrogens is 1. The summed E-state index contributed by atoms with van der Waals surface area (Å²) in [6, 6.07) is 5.09. The molecule has 1 aliphatic carbocycles. The average molecular weight is 340 g/mol. The van der Waals surface area contributed by atoms with Crippen LogP contribution in [0.3, 0.4) is 0 Å². The summed E-state index contributed by atoms with van der Waals surface area (Å²) in [5.74, 6) is -1.64. The lowest BCUT2D eigenvalue weighted by atomic mass is 10.1. The number of hydrogen-bond donors (Lipinski definition) is 3. The molecule has 3 rings (SSSR count). The van der Waals surface area contributed by atoms with E-state index in [4.69, 9.17) is 27.5 Å². The average Bonchev–Trinajstić information content (AvgIpc) is 3.18.